The van der Waals surface area contributed by atoms with E-state index in [1.165, 1.54) is 6.20 Å². The standard InChI is InChI=1S/C11H11BrFN3O3S/c1-6-4-15-11(19-6)5-16-20(17,18)10-3-9(14)7(12)2-8(10)13/h2-4,16H,5,14H2,1H3. The van der Waals surface area contributed by atoms with E-state index in [1.54, 1.807) is 6.92 Å². The Bertz CT molecular complexity index is 745. The fraction of sp³-hybridized carbons (Fsp3) is 0.182. The number of nitrogens with one attached hydrogen (secondary N) is 1. The third kappa shape index (κ3) is 3.17. The Morgan fingerprint density at radius 2 is 2.20 bits per heavy atom. The summed E-state index contributed by atoms with van der Waals surface area (Å²) in [4.78, 5) is 3.32. The molecule has 1 aromatic heterocycles. The van der Waals surface area contributed by atoms with Crippen LogP contribution >= 0.6 is 15.9 Å². The summed E-state index contributed by atoms with van der Waals surface area (Å²) < 4.78 is 45.3. The lowest BCUT2D eigenvalue weighted by Crippen LogP contribution is -2.24. The Kier molecular flexibility index (Phi) is 4.11. The number of sulfonamides is 1. The molecule has 1 heterocycles. The number of anilines is 1. The molecule has 0 radical (unpaired) electrons. The van der Waals surface area contributed by atoms with Gasteiger partial charge in [-0.15, -0.1) is 0 Å². The zero-order chi connectivity index (χ0) is 14.9. The van der Waals surface area contributed by atoms with E-state index in [9.17, 15) is 12.8 Å². The van der Waals surface area contributed by atoms with Gasteiger partial charge in [-0.25, -0.2) is 22.5 Å². The number of nitrogens with zero attached hydrogens (tertiary/aromatic N) is 1. The number of aryl methyl sites for hydroxylation is 1. The van der Waals surface area contributed by atoms with Crippen LogP contribution in [0.4, 0.5) is 10.1 Å². The molecule has 20 heavy (non-hydrogen) atoms. The quantitative estimate of drug-likeness (QED) is 0.808. The molecule has 2 rings (SSSR count). The van der Waals surface area contributed by atoms with Gasteiger partial charge in [0.05, 0.1) is 12.7 Å². The minimum atomic E-state index is -4.04. The van der Waals surface area contributed by atoms with Gasteiger partial charge in [0.1, 0.15) is 16.5 Å². The van der Waals surface area contributed by atoms with Gasteiger partial charge in [-0.05, 0) is 35.0 Å². The molecule has 0 fully saturated rings. The SMILES string of the molecule is Cc1cnc(CNS(=O)(=O)c2cc(N)c(Br)cc2F)o1. The Labute approximate surface area is 123 Å². The number of nitrogens with two attached hydrogens (primary N) is 1. The number of oxazole rings is 1. The molecule has 9 heteroatoms. The first kappa shape index (κ1) is 14.9. The Morgan fingerprint density at radius 3 is 2.80 bits per heavy atom. The van der Waals surface area contributed by atoms with Gasteiger partial charge in [-0.2, -0.15) is 0 Å². The third-order valence-electron chi connectivity index (χ3n) is 2.42. The van der Waals surface area contributed by atoms with Gasteiger partial charge < -0.3 is 10.2 Å². The molecule has 0 saturated heterocycles. The highest BCUT2D eigenvalue weighted by atomic mass is 79.9. The van der Waals surface area contributed by atoms with E-state index in [0.29, 0.717) is 5.76 Å². The topological polar surface area (TPSA) is 98.2 Å². The average molecular weight is 364 g/mol. The van der Waals surface area contributed by atoms with Crippen molar-refractivity contribution in [3.63, 3.8) is 0 Å². The van der Waals surface area contributed by atoms with Crippen LogP contribution in [0.1, 0.15) is 11.7 Å². The molecule has 0 bridgehead atoms. The zero-order valence-corrected chi connectivity index (χ0v) is 12.8. The van der Waals surface area contributed by atoms with Crippen molar-refractivity contribution < 1.29 is 17.2 Å². The van der Waals surface area contributed by atoms with Crippen LogP contribution in [0.3, 0.4) is 0 Å². The van der Waals surface area contributed by atoms with Gasteiger partial charge in [-0.1, -0.05) is 0 Å². The van der Waals surface area contributed by atoms with E-state index in [-0.39, 0.29) is 22.6 Å². The summed E-state index contributed by atoms with van der Waals surface area (Å²) in [6, 6.07) is 2.04. The fourth-order valence-corrected chi connectivity index (χ4v) is 2.85. The van der Waals surface area contributed by atoms with E-state index in [1.807, 2.05) is 0 Å². The lowest BCUT2D eigenvalue weighted by molar-refractivity contribution is 0.462. The number of halogens is 2. The van der Waals surface area contributed by atoms with Crippen molar-refractivity contribution in [2.45, 2.75) is 18.4 Å². The first-order chi connectivity index (χ1) is 9.29. The molecule has 0 saturated carbocycles. The van der Waals surface area contributed by atoms with Crippen LogP contribution < -0.4 is 10.5 Å². The molecule has 0 unspecified atom stereocenters. The minimum absolute atomic E-state index is 0.124. The summed E-state index contributed by atoms with van der Waals surface area (Å²) in [5.74, 6) is -0.156. The smallest absolute Gasteiger partial charge is 0.244 e. The second-order valence-corrected chi connectivity index (χ2v) is 6.58. The van der Waals surface area contributed by atoms with Crippen molar-refractivity contribution in [2.24, 2.45) is 0 Å². The van der Waals surface area contributed by atoms with Crippen LogP contribution in [0.15, 0.2) is 32.1 Å². The highest BCUT2D eigenvalue weighted by Crippen LogP contribution is 2.26. The molecule has 0 spiro atoms. The maximum atomic E-state index is 13.7. The first-order valence-electron chi connectivity index (χ1n) is 5.45. The van der Waals surface area contributed by atoms with Crippen molar-refractivity contribution in [3.8, 4) is 0 Å². The van der Waals surface area contributed by atoms with E-state index < -0.39 is 20.7 Å². The van der Waals surface area contributed by atoms with Gasteiger partial charge >= 0.3 is 0 Å². The van der Waals surface area contributed by atoms with E-state index in [0.717, 1.165) is 12.1 Å². The highest BCUT2D eigenvalue weighted by molar-refractivity contribution is 9.10. The fourth-order valence-electron chi connectivity index (χ4n) is 1.47. The number of aromatic nitrogens is 1. The lowest BCUT2D eigenvalue weighted by atomic mass is 10.3. The number of benzene rings is 1. The van der Waals surface area contributed by atoms with E-state index in [2.05, 4.69) is 25.6 Å². The van der Waals surface area contributed by atoms with Crippen molar-refractivity contribution in [1.29, 1.82) is 0 Å². The Balaban J connectivity index is 2.24. The number of rotatable bonds is 4. The Hall–Kier alpha value is -1.45. The minimum Gasteiger partial charge on any atom is -0.445 e. The molecule has 108 valence electrons. The molecule has 0 aliphatic carbocycles. The van der Waals surface area contributed by atoms with E-state index in [4.69, 9.17) is 10.2 Å². The summed E-state index contributed by atoms with van der Waals surface area (Å²) >= 11 is 3.02. The van der Waals surface area contributed by atoms with Gasteiger partial charge in [0.15, 0.2) is 0 Å². The van der Waals surface area contributed by atoms with Crippen LogP contribution in [-0.2, 0) is 16.6 Å². The Morgan fingerprint density at radius 1 is 1.50 bits per heavy atom. The molecular formula is C11H11BrFN3O3S. The summed E-state index contributed by atoms with van der Waals surface area (Å²) in [5, 5.41) is 0. The largest absolute Gasteiger partial charge is 0.445 e. The number of hydrogen-bond acceptors (Lipinski definition) is 5. The molecule has 3 N–H and O–H groups in total. The zero-order valence-electron chi connectivity index (χ0n) is 10.4. The molecule has 0 aliphatic heterocycles. The number of nitrogen functional groups attached to an aromatic ring is 1. The molecule has 0 atom stereocenters. The predicted octanol–water partition coefficient (Wildman–Crippen LogP) is 1.95. The van der Waals surface area contributed by atoms with Crippen molar-refractivity contribution in [2.75, 3.05) is 5.73 Å². The van der Waals surface area contributed by atoms with Crippen LogP contribution in [0.2, 0.25) is 0 Å². The molecule has 0 aliphatic rings. The van der Waals surface area contributed by atoms with Crippen LogP contribution in [0, 0.1) is 12.7 Å². The van der Waals surface area contributed by atoms with Crippen molar-refractivity contribution in [1.82, 2.24) is 9.71 Å². The van der Waals surface area contributed by atoms with Gasteiger partial charge in [0, 0.05) is 10.2 Å². The first-order valence-corrected chi connectivity index (χ1v) is 7.72. The van der Waals surface area contributed by atoms with Crippen molar-refractivity contribution >= 4 is 31.6 Å². The van der Waals surface area contributed by atoms with E-state index >= 15 is 0 Å². The third-order valence-corrected chi connectivity index (χ3v) is 4.53. The molecule has 0 amide bonds. The van der Waals surface area contributed by atoms with Gasteiger partial charge in [0.25, 0.3) is 0 Å². The van der Waals surface area contributed by atoms with Crippen LogP contribution in [0.25, 0.3) is 0 Å². The molecule has 1 aromatic carbocycles. The molecular weight excluding hydrogens is 353 g/mol. The van der Waals surface area contributed by atoms with Crippen LogP contribution in [-0.4, -0.2) is 13.4 Å². The van der Waals surface area contributed by atoms with Gasteiger partial charge in [0.2, 0.25) is 15.9 Å². The normalized spacial score (nSPS) is 11.8. The second kappa shape index (κ2) is 5.51. The summed E-state index contributed by atoms with van der Waals surface area (Å²) in [6.45, 7) is 1.51. The monoisotopic (exact) mass is 363 g/mol. The maximum absolute atomic E-state index is 13.7. The summed E-state index contributed by atoms with van der Waals surface area (Å²) in [5.41, 5.74) is 5.68. The van der Waals surface area contributed by atoms with Crippen molar-refractivity contribution in [3.05, 3.63) is 40.3 Å². The molecule has 6 nitrogen and oxygen atoms in total. The summed E-state index contributed by atoms with van der Waals surface area (Å²) in [7, 11) is -4.04. The average Bonchev–Trinajstić information content (AvgIpc) is 2.77. The summed E-state index contributed by atoms with van der Waals surface area (Å²) in [6.07, 6.45) is 1.46. The predicted molar refractivity (Wildman–Crippen MR) is 73.8 cm³/mol. The maximum Gasteiger partial charge on any atom is 0.244 e. The van der Waals surface area contributed by atoms with Gasteiger partial charge in [-0.3, -0.25) is 0 Å². The second-order valence-electron chi connectivity index (χ2n) is 3.99. The number of hydrogen-bond donors (Lipinski definition) is 2. The lowest BCUT2D eigenvalue weighted by Gasteiger charge is -2.08. The molecule has 2 aromatic rings. The highest BCUT2D eigenvalue weighted by Gasteiger charge is 2.21. The van der Waals surface area contributed by atoms with Crippen LogP contribution in [0.5, 0.6) is 0 Å².